The predicted octanol–water partition coefficient (Wildman–Crippen LogP) is 1.94. The molecule has 9 heteroatoms. The number of nitrogen functional groups attached to an aromatic ring is 1. The van der Waals surface area contributed by atoms with E-state index in [2.05, 4.69) is 14.7 Å². The highest BCUT2D eigenvalue weighted by atomic mass is 19.3. The smallest absolute Gasteiger partial charge is 0.387 e. The van der Waals surface area contributed by atoms with Crippen LogP contribution in [0.4, 0.5) is 14.6 Å². The van der Waals surface area contributed by atoms with E-state index in [1.807, 2.05) is 0 Å². The molecular weight excluding hydrogens is 322 g/mol. The molecule has 0 fully saturated rings. The third kappa shape index (κ3) is 4.06. The molecule has 1 amide bonds. The van der Waals surface area contributed by atoms with Crippen LogP contribution in [0.15, 0.2) is 30.6 Å². The monoisotopic (exact) mass is 338 g/mol. The molecule has 24 heavy (non-hydrogen) atoms. The van der Waals surface area contributed by atoms with Crippen LogP contribution in [0.2, 0.25) is 0 Å². The molecule has 1 heterocycles. The molecule has 2 rings (SSSR count). The molecule has 0 atom stereocenters. The number of alkyl halides is 2. The second-order valence-corrected chi connectivity index (χ2v) is 4.82. The van der Waals surface area contributed by atoms with Gasteiger partial charge in [-0.25, -0.2) is 9.97 Å². The Morgan fingerprint density at radius 3 is 2.62 bits per heavy atom. The van der Waals surface area contributed by atoms with Crippen LogP contribution >= 0.6 is 0 Å². The molecule has 7 nitrogen and oxygen atoms in total. The van der Waals surface area contributed by atoms with E-state index in [9.17, 15) is 13.6 Å². The second-order valence-electron chi connectivity index (χ2n) is 4.82. The SMILES string of the molecule is COc1cc(CN(C)C(=O)c2nccnc2N)ccc1OC(F)F. The molecule has 1 aromatic carbocycles. The molecule has 1 aromatic heterocycles. The maximum atomic E-state index is 12.3. The van der Waals surface area contributed by atoms with Crippen LogP contribution in [-0.4, -0.2) is 41.5 Å². The average molecular weight is 338 g/mol. The lowest BCUT2D eigenvalue weighted by molar-refractivity contribution is -0.0512. The molecule has 0 aliphatic heterocycles. The van der Waals surface area contributed by atoms with Gasteiger partial charge in [-0.1, -0.05) is 6.07 Å². The van der Waals surface area contributed by atoms with Gasteiger partial charge in [0.1, 0.15) is 0 Å². The van der Waals surface area contributed by atoms with E-state index in [1.165, 1.54) is 36.5 Å². The van der Waals surface area contributed by atoms with Crippen LogP contribution in [-0.2, 0) is 6.54 Å². The number of carbonyl (C=O) groups is 1. The highest BCUT2D eigenvalue weighted by molar-refractivity contribution is 5.96. The van der Waals surface area contributed by atoms with Gasteiger partial charge in [0.25, 0.3) is 5.91 Å². The van der Waals surface area contributed by atoms with Crippen LogP contribution in [0.1, 0.15) is 16.1 Å². The summed E-state index contributed by atoms with van der Waals surface area (Å²) in [6.07, 6.45) is 2.76. The van der Waals surface area contributed by atoms with Crippen molar-refractivity contribution in [3.8, 4) is 11.5 Å². The largest absolute Gasteiger partial charge is 0.493 e. The number of aromatic nitrogens is 2. The second kappa shape index (κ2) is 7.53. The minimum atomic E-state index is -2.95. The number of amides is 1. The summed E-state index contributed by atoms with van der Waals surface area (Å²) in [5.41, 5.74) is 6.34. The van der Waals surface area contributed by atoms with Gasteiger partial charge in [-0.3, -0.25) is 4.79 Å². The zero-order chi connectivity index (χ0) is 17.7. The molecule has 0 aliphatic rings. The van der Waals surface area contributed by atoms with Gasteiger partial charge < -0.3 is 20.1 Å². The van der Waals surface area contributed by atoms with E-state index in [-0.39, 0.29) is 29.6 Å². The van der Waals surface area contributed by atoms with E-state index in [1.54, 1.807) is 13.1 Å². The number of benzene rings is 1. The fourth-order valence-corrected chi connectivity index (χ4v) is 2.04. The Morgan fingerprint density at radius 1 is 1.29 bits per heavy atom. The van der Waals surface area contributed by atoms with Crippen LogP contribution in [0, 0.1) is 0 Å². The summed E-state index contributed by atoms with van der Waals surface area (Å²) in [7, 11) is 2.90. The first-order valence-electron chi connectivity index (χ1n) is 6.86. The number of halogens is 2. The van der Waals surface area contributed by atoms with Gasteiger partial charge in [0.05, 0.1) is 7.11 Å². The van der Waals surface area contributed by atoms with Gasteiger partial charge in [0, 0.05) is 26.0 Å². The lowest BCUT2D eigenvalue weighted by atomic mass is 10.2. The van der Waals surface area contributed by atoms with Gasteiger partial charge in [-0.15, -0.1) is 0 Å². The standard InChI is InChI=1S/C15H16F2N4O3/c1-21(14(22)12-13(18)20-6-5-19-12)8-9-3-4-10(24-15(16)17)11(7-9)23-2/h3-7,15H,8H2,1-2H3,(H2,18,20). The van der Waals surface area contributed by atoms with Crippen molar-refractivity contribution in [2.45, 2.75) is 13.2 Å². The number of ether oxygens (including phenoxy) is 2. The van der Waals surface area contributed by atoms with Crippen LogP contribution in [0.3, 0.4) is 0 Å². The van der Waals surface area contributed by atoms with Crippen LogP contribution in [0.5, 0.6) is 11.5 Å². The zero-order valence-corrected chi connectivity index (χ0v) is 13.1. The summed E-state index contributed by atoms with van der Waals surface area (Å²) in [6.45, 7) is -2.76. The fraction of sp³-hybridized carbons (Fsp3) is 0.267. The number of hydrogen-bond donors (Lipinski definition) is 1. The summed E-state index contributed by atoms with van der Waals surface area (Å²) in [4.78, 5) is 21.4. The summed E-state index contributed by atoms with van der Waals surface area (Å²) in [5.74, 6) is -0.309. The third-order valence-corrected chi connectivity index (χ3v) is 3.14. The Balaban J connectivity index is 2.15. The molecule has 2 aromatic rings. The van der Waals surface area contributed by atoms with Crippen molar-refractivity contribution in [3.63, 3.8) is 0 Å². The fourth-order valence-electron chi connectivity index (χ4n) is 2.04. The van der Waals surface area contributed by atoms with E-state index < -0.39 is 12.5 Å². The Hall–Kier alpha value is -2.97. The number of carbonyl (C=O) groups excluding carboxylic acids is 1. The van der Waals surface area contributed by atoms with Crippen molar-refractivity contribution in [1.82, 2.24) is 14.9 Å². The minimum absolute atomic E-state index is 0.0348. The number of anilines is 1. The highest BCUT2D eigenvalue weighted by Gasteiger charge is 2.18. The molecule has 0 aliphatic carbocycles. The molecule has 0 spiro atoms. The normalized spacial score (nSPS) is 10.5. The lowest BCUT2D eigenvalue weighted by Crippen LogP contribution is -2.28. The third-order valence-electron chi connectivity index (χ3n) is 3.14. The minimum Gasteiger partial charge on any atom is -0.493 e. The Labute approximate surface area is 137 Å². The topological polar surface area (TPSA) is 90.6 Å². The molecule has 0 bridgehead atoms. The first kappa shape index (κ1) is 17.4. The summed E-state index contributed by atoms with van der Waals surface area (Å²) < 4.78 is 34.0. The van der Waals surface area contributed by atoms with Crippen molar-refractivity contribution < 1.29 is 23.0 Å². The number of nitrogens with zero attached hydrogens (tertiary/aromatic N) is 3. The van der Waals surface area contributed by atoms with Crippen molar-refractivity contribution in [2.75, 3.05) is 19.9 Å². The van der Waals surface area contributed by atoms with Gasteiger partial charge in [-0.2, -0.15) is 8.78 Å². The van der Waals surface area contributed by atoms with Gasteiger partial charge in [0.15, 0.2) is 23.0 Å². The maximum Gasteiger partial charge on any atom is 0.387 e. The molecule has 0 radical (unpaired) electrons. The summed E-state index contributed by atoms with van der Waals surface area (Å²) in [5, 5.41) is 0. The Morgan fingerprint density at radius 2 is 2.00 bits per heavy atom. The van der Waals surface area contributed by atoms with E-state index >= 15 is 0 Å². The van der Waals surface area contributed by atoms with Crippen molar-refractivity contribution >= 4 is 11.7 Å². The van der Waals surface area contributed by atoms with Crippen molar-refractivity contribution in [1.29, 1.82) is 0 Å². The molecule has 0 saturated heterocycles. The molecule has 2 N–H and O–H groups in total. The number of rotatable bonds is 6. The van der Waals surface area contributed by atoms with Crippen LogP contribution in [0.25, 0.3) is 0 Å². The number of methoxy groups -OCH3 is 1. The Kier molecular flexibility index (Phi) is 5.46. The zero-order valence-electron chi connectivity index (χ0n) is 13.1. The molecule has 0 unspecified atom stereocenters. The lowest BCUT2D eigenvalue weighted by Gasteiger charge is -2.18. The molecule has 0 saturated carbocycles. The maximum absolute atomic E-state index is 12.3. The van der Waals surface area contributed by atoms with Crippen molar-refractivity contribution in [2.24, 2.45) is 0 Å². The van der Waals surface area contributed by atoms with E-state index in [0.29, 0.717) is 5.56 Å². The molecule has 128 valence electrons. The number of nitrogens with two attached hydrogens (primary N) is 1. The Bertz CT molecular complexity index is 728. The number of hydrogen-bond acceptors (Lipinski definition) is 6. The summed E-state index contributed by atoms with van der Waals surface area (Å²) >= 11 is 0. The first-order chi connectivity index (χ1) is 11.4. The van der Waals surface area contributed by atoms with Crippen LogP contribution < -0.4 is 15.2 Å². The first-order valence-corrected chi connectivity index (χ1v) is 6.86. The molecular formula is C15H16F2N4O3. The van der Waals surface area contributed by atoms with Gasteiger partial charge in [-0.05, 0) is 17.7 Å². The van der Waals surface area contributed by atoms with E-state index in [4.69, 9.17) is 10.5 Å². The predicted molar refractivity (Wildman–Crippen MR) is 81.9 cm³/mol. The van der Waals surface area contributed by atoms with E-state index in [0.717, 1.165) is 0 Å². The highest BCUT2D eigenvalue weighted by Crippen LogP contribution is 2.29. The van der Waals surface area contributed by atoms with Gasteiger partial charge >= 0.3 is 6.61 Å². The summed E-state index contributed by atoms with van der Waals surface area (Å²) in [6, 6.07) is 4.43. The quantitative estimate of drug-likeness (QED) is 0.866. The average Bonchev–Trinajstić information content (AvgIpc) is 2.55. The van der Waals surface area contributed by atoms with Crippen molar-refractivity contribution in [3.05, 3.63) is 41.9 Å². The van der Waals surface area contributed by atoms with Gasteiger partial charge in [0.2, 0.25) is 0 Å².